The van der Waals surface area contributed by atoms with Gasteiger partial charge in [0.1, 0.15) is 5.82 Å². The number of halogens is 2. The third kappa shape index (κ3) is 2.84. The zero-order chi connectivity index (χ0) is 15.0. The molecule has 1 aliphatic rings. The normalized spacial score (nSPS) is 20.2. The summed E-state index contributed by atoms with van der Waals surface area (Å²) in [6.07, 6.45) is 0.0437. The summed E-state index contributed by atoms with van der Waals surface area (Å²) in [5, 5.41) is 0.0726. The van der Waals surface area contributed by atoms with E-state index >= 15 is 0 Å². The van der Waals surface area contributed by atoms with E-state index in [1.807, 2.05) is 4.57 Å². The van der Waals surface area contributed by atoms with E-state index in [1.165, 1.54) is 6.07 Å². The number of nitrogens with two attached hydrogens (primary N) is 1. The minimum absolute atomic E-state index is 0.0437. The number of fused-ring (bicyclic) bond motifs is 1. The molecule has 2 aromatic rings. The number of benzene rings is 1. The van der Waals surface area contributed by atoms with E-state index < -0.39 is 5.82 Å². The van der Waals surface area contributed by atoms with Crippen LogP contribution in [0.3, 0.4) is 0 Å². The summed E-state index contributed by atoms with van der Waals surface area (Å²) in [6.45, 7) is 6.22. The van der Waals surface area contributed by atoms with Gasteiger partial charge < -0.3 is 15.0 Å². The van der Waals surface area contributed by atoms with Crippen LogP contribution in [-0.2, 0) is 11.3 Å². The maximum atomic E-state index is 13.5. The van der Waals surface area contributed by atoms with Crippen molar-refractivity contribution >= 4 is 28.6 Å². The molecule has 2 heterocycles. The second kappa shape index (κ2) is 5.79. The molecule has 0 spiro atoms. The van der Waals surface area contributed by atoms with Crippen LogP contribution < -0.4 is 5.73 Å². The van der Waals surface area contributed by atoms with Gasteiger partial charge in [-0.3, -0.25) is 4.90 Å². The molecule has 7 heteroatoms. The van der Waals surface area contributed by atoms with Gasteiger partial charge >= 0.3 is 0 Å². The number of hydrogen-bond acceptors (Lipinski definition) is 4. The Morgan fingerprint density at radius 2 is 2.33 bits per heavy atom. The van der Waals surface area contributed by atoms with Crippen LogP contribution in [0.4, 0.5) is 10.3 Å². The minimum atomic E-state index is -0.486. The summed E-state index contributed by atoms with van der Waals surface area (Å²) in [6, 6.07) is 2.88. The largest absolute Gasteiger partial charge is 0.374 e. The predicted molar refractivity (Wildman–Crippen MR) is 81.0 cm³/mol. The lowest BCUT2D eigenvalue weighted by atomic mass is 10.2. The molecule has 0 aliphatic carbocycles. The fourth-order valence-corrected chi connectivity index (χ4v) is 2.87. The number of imidazole rings is 1. The molecule has 21 heavy (non-hydrogen) atoms. The van der Waals surface area contributed by atoms with Gasteiger partial charge in [-0.05, 0) is 12.6 Å². The molecule has 1 aromatic heterocycles. The van der Waals surface area contributed by atoms with Gasteiger partial charge in [0.05, 0.1) is 35.3 Å². The number of ether oxygens (including phenoxy) is 1. The van der Waals surface area contributed by atoms with E-state index in [9.17, 15) is 4.39 Å². The molecule has 0 saturated carbocycles. The third-order valence-electron chi connectivity index (χ3n) is 3.88. The van der Waals surface area contributed by atoms with Crippen LogP contribution in [0.2, 0.25) is 5.02 Å². The van der Waals surface area contributed by atoms with Crippen molar-refractivity contribution in [2.75, 3.05) is 32.0 Å². The van der Waals surface area contributed by atoms with E-state index in [-0.39, 0.29) is 11.1 Å². The average Bonchev–Trinajstić information content (AvgIpc) is 2.76. The van der Waals surface area contributed by atoms with Crippen molar-refractivity contribution in [3.05, 3.63) is 23.0 Å². The van der Waals surface area contributed by atoms with Crippen LogP contribution in [0.5, 0.6) is 0 Å². The molecule has 1 fully saturated rings. The Labute approximate surface area is 127 Å². The minimum Gasteiger partial charge on any atom is -0.374 e. The Balaban J connectivity index is 1.89. The maximum absolute atomic E-state index is 13.5. The highest BCUT2D eigenvalue weighted by atomic mass is 35.5. The number of anilines is 1. The van der Waals surface area contributed by atoms with Crippen molar-refractivity contribution in [3.8, 4) is 0 Å². The van der Waals surface area contributed by atoms with Crippen molar-refractivity contribution in [3.63, 3.8) is 0 Å². The summed E-state index contributed by atoms with van der Waals surface area (Å²) in [5.74, 6) is -0.135. The Hall–Kier alpha value is -1.37. The van der Waals surface area contributed by atoms with Gasteiger partial charge in [-0.15, -0.1) is 0 Å². The van der Waals surface area contributed by atoms with E-state index in [0.29, 0.717) is 24.6 Å². The van der Waals surface area contributed by atoms with Gasteiger partial charge in [0.2, 0.25) is 5.95 Å². The number of rotatable bonds is 3. The van der Waals surface area contributed by atoms with E-state index in [2.05, 4.69) is 16.8 Å². The summed E-state index contributed by atoms with van der Waals surface area (Å²) >= 11 is 5.86. The van der Waals surface area contributed by atoms with Crippen LogP contribution >= 0.6 is 11.6 Å². The van der Waals surface area contributed by atoms with Gasteiger partial charge in [-0.1, -0.05) is 18.5 Å². The first kappa shape index (κ1) is 14.6. The first-order chi connectivity index (χ1) is 10.1. The second-order valence-electron chi connectivity index (χ2n) is 5.22. The molecule has 5 nitrogen and oxygen atoms in total. The van der Waals surface area contributed by atoms with Crippen LogP contribution in [0, 0.1) is 5.82 Å². The first-order valence-corrected chi connectivity index (χ1v) is 7.41. The van der Waals surface area contributed by atoms with Crippen LogP contribution in [0.25, 0.3) is 11.0 Å². The van der Waals surface area contributed by atoms with E-state index in [4.69, 9.17) is 22.1 Å². The third-order valence-corrected chi connectivity index (χ3v) is 4.17. The van der Waals surface area contributed by atoms with Crippen LogP contribution in [-0.4, -0.2) is 46.8 Å². The van der Waals surface area contributed by atoms with Crippen molar-refractivity contribution in [2.24, 2.45) is 0 Å². The molecule has 114 valence electrons. The average molecular weight is 313 g/mol. The maximum Gasteiger partial charge on any atom is 0.201 e. The fourth-order valence-electron chi connectivity index (χ4n) is 2.71. The standard InChI is InChI=1S/C14H18ClFN4O/c1-2-19-3-4-21-9(7-19)8-20-13-5-10(15)11(16)6-12(13)18-14(20)17/h5-6,9H,2-4,7-8H2,1H3,(H2,17,18). The van der Waals surface area contributed by atoms with Crippen LogP contribution in [0.1, 0.15) is 6.92 Å². The van der Waals surface area contributed by atoms with Gasteiger partial charge in [0.15, 0.2) is 0 Å². The van der Waals surface area contributed by atoms with Gasteiger partial charge in [0.25, 0.3) is 0 Å². The zero-order valence-corrected chi connectivity index (χ0v) is 12.6. The number of aromatic nitrogens is 2. The second-order valence-corrected chi connectivity index (χ2v) is 5.63. The van der Waals surface area contributed by atoms with E-state index in [1.54, 1.807) is 6.07 Å². The number of nitrogen functional groups attached to an aromatic ring is 1. The van der Waals surface area contributed by atoms with Crippen molar-refractivity contribution < 1.29 is 9.13 Å². The molecule has 2 N–H and O–H groups in total. The lowest BCUT2D eigenvalue weighted by molar-refractivity contribution is -0.0335. The Morgan fingerprint density at radius 1 is 1.52 bits per heavy atom. The molecule has 1 aliphatic heterocycles. The molecular weight excluding hydrogens is 295 g/mol. The molecule has 1 saturated heterocycles. The lowest BCUT2D eigenvalue weighted by Gasteiger charge is -2.32. The predicted octanol–water partition coefficient (Wildman–Crippen LogP) is 2.13. The number of hydrogen-bond donors (Lipinski definition) is 1. The smallest absolute Gasteiger partial charge is 0.201 e. The molecule has 0 amide bonds. The molecule has 1 aromatic carbocycles. The molecule has 0 radical (unpaired) electrons. The highest BCUT2D eigenvalue weighted by molar-refractivity contribution is 6.31. The molecule has 1 unspecified atom stereocenters. The highest BCUT2D eigenvalue weighted by Crippen LogP contribution is 2.25. The summed E-state index contributed by atoms with van der Waals surface area (Å²) in [4.78, 5) is 6.52. The van der Waals surface area contributed by atoms with Crippen molar-refractivity contribution in [1.29, 1.82) is 0 Å². The quantitative estimate of drug-likeness (QED) is 0.943. The SMILES string of the molecule is CCN1CCOC(Cn2c(N)nc3cc(F)c(Cl)cc32)C1. The molecular formula is C14H18ClFN4O. The molecule has 1 atom stereocenters. The molecule has 0 bridgehead atoms. The zero-order valence-electron chi connectivity index (χ0n) is 11.9. The monoisotopic (exact) mass is 312 g/mol. The van der Waals surface area contributed by atoms with Crippen LogP contribution in [0.15, 0.2) is 12.1 Å². The van der Waals surface area contributed by atoms with Gasteiger partial charge in [-0.2, -0.15) is 0 Å². The Bertz CT molecular complexity index is 660. The Morgan fingerprint density at radius 3 is 3.10 bits per heavy atom. The Kier molecular flexibility index (Phi) is 4.01. The first-order valence-electron chi connectivity index (χ1n) is 7.03. The highest BCUT2D eigenvalue weighted by Gasteiger charge is 2.22. The topological polar surface area (TPSA) is 56.3 Å². The lowest BCUT2D eigenvalue weighted by Crippen LogP contribution is -2.44. The molecule has 3 rings (SSSR count). The van der Waals surface area contributed by atoms with Crippen molar-refractivity contribution in [2.45, 2.75) is 19.6 Å². The van der Waals surface area contributed by atoms with Gasteiger partial charge in [0, 0.05) is 19.2 Å². The van der Waals surface area contributed by atoms with Gasteiger partial charge in [-0.25, -0.2) is 9.37 Å². The summed E-state index contributed by atoms with van der Waals surface area (Å²) in [5.41, 5.74) is 7.20. The van der Waals surface area contributed by atoms with E-state index in [0.717, 1.165) is 25.2 Å². The number of likely N-dealkylation sites (N-methyl/N-ethyl adjacent to an activating group) is 1. The summed E-state index contributed by atoms with van der Waals surface area (Å²) < 4.78 is 21.1. The number of nitrogens with zero attached hydrogens (tertiary/aromatic N) is 3. The van der Waals surface area contributed by atoms with Crippen molar-refractivity contribution in [1.82, 2.24) is 14.5 Å². The number of morpholine rings is 1. The fraction of sp³-hybridized carbons (Fsp3) is 0.500. The summed E-state index contributed by atoms with van der Waals surface area (Å²) in [7, 11) is 0.